The summed E-state index contributed by atoms with van der Waals surface area (Å²) in [7, 11) is 0. The quantitative estimate of drug-likeness (QED) is 0.675. The molecule has 1 heterocycles. The lowest BCUT2D eigenvalue weighted by molar-refractivity contribution is -0.131. The molecule has 2 amide bonds. The summed E-state index contributed by atoms with van der Waals surface area (Å²) in [6, 6.07) is 8.97. The molecular formula is C13H15NO2. The largest absolute Gasteiger partial charge is 0.278 e. The number of hydrogen-bond acceptors (Lipinski definition) is 2. The summed E-state index contributed by atoms with van der Waals surface area (Å²) in [4.78, 5) is 25.1. The molecule has 0 N–H and O–H groups in total. The Kier molecular flexibility index (Phi) is 3.04. The van der Waals surface area contributed by atoms with Crippen molar-refractivity contribution in [3.63, 3.8) is 0 Å². The molecule has 0 aliphatic carbocycles. The molecule has 1 unspecified atom stereocenters. The molecule has 16 heavy (non-hydrogen) atoms. The minimum atomic E-state index is -0.169. The van der Waals surface area contributed by atoms with E-state index in [1.54, 1.807) is 12.1 Å². The molecule has 1 saturated heterocycles. The summed E-state index contributed by atoms with van der Waals surface area (Å²) in [5.41, 5.74) is 0.588. The van der Waals surface area contributed by atoms with Crippen molar-refractivity contribution >= 4 is 11.8 Å². The third-order valence-electron chi connectivity index (χ3n) is 2.94. The van der Waals surface area contributed by atoms with E-state index in [-0.39, 0.29) is 11.8 Å². The summed E-state index contributed by atoms with van der Waals surface area (Å²) in [6.07, 6.45) is 1.39. The molecule has 2 rings (SSSR count). The highest BCUT2D eigenvalue weighted by Crippen LogP contribution is 2.19. The Bertz CT molecular complexity index is 400. The number of carbonyl (C=O) groups excluding carboxylic acids is 2. The third kappa shape index (κ3) is 2.13. The van der Waals surface area contributed by atoms with Crippen LogP contribution in [0.15, 0.2) is 30.3 Å². The van der Waals surface area contributed by atoms with Crippen LogP contribution in [0.25, 0.3) is 0 Å². The highest BCUT2D eigenvalue weighted by Gasteiger charge is 2.28. The third-order valence-corrected chi connectivity index (χ3v) is 2.94. The number of rotatable bonds is 1. The molecule has 1 aliphatic rings. The SMILES string of the molecule is CC1CCN(C(=O)c2ccccc2)C(=O)C1. The van der Waals surface area contributed by atoms with E-state index in [9.17, 15) is 9.59 Å². The minimum Gasteiger partial charge on any atom is -0.278 e. The van der Waals surface area contributed by atoms with Crippen molar-refractivity contribution in [1.82, 2.24) is 4.90 Å². The predicted molar refractivity (Wildman–Crippen MR) is 60.9 cm³/mol. The van der Waals surface area contributed by atoms with E-state index >= 15 is 0 Å². The lowest BCUT2D eigenvalue weighted by Gasteiger charge is -2.28. The fourth-order valence-corrected chi connectivity index (χ4v) is 1.94. The number of imide groups is 1. The average molecular weight is 217 g/mol. The Morgan fingerprint density at radius 2 is 2.00 bits per heavy atom. The van der Waals surface area contributed by atoms with Crippen molar-refractivity contribution < 1.29 is 9.59 Å². The zero-order chi connectivity index (χ0) is 11.5. The number of carbonyl (C=O) groups is 2. The van der Waals surface area contributed by atoms with E-state index in [4.69, 9.17) is 0 Å². The van der Waals surface area contributed by atoms with E-state index < -0.39 is 0 Å². The van der Waals surface area contributed by atoms with Crippen LogP contribution in [0.5, 0.6) is 0 Å². The van der Waals surface area contributed by atoms with E-state index in [1.165, 1.54) is 4.90 Å². The number of hydrogen-bond donors (Lipinski definition) is 0. The summed E-state index contributed by atoms with van der Waals surface area (Å²) >= 11 is 0. The zero-order valence-electron chi connectivity index (χ0n) is 9.35. The Morgan fingerprint density at radius 3 is 2.62 bits per heavy atom. The Labute approximate surface area is 95.1 Å². The number of amides is 2. The van der Waals surface area contributed by atoms with Crippen molar-refractivity contribution in [2.24, 2.45) is 5.92 Å². The maximum atomic E-state index is 12.0. The molecule has 3 nitrogen and oxygen atoms in total. The van der Waals surface area contributed by atoms with E-state index in [0.717, 1.165) is 6.42 Å². The molecule has 1 aliphatic heterocycles. The van der Waals surface area contributed by atoms with Crippen molar-refractivity contribution in [1.29, 1.82) is 0 Å². The van der Waals surface area contributed by atoms with Crippen LogP contribution in [-0.2, 0) is 4.79 Å². The normalized spacial score (nSPS) is 20.9. The molecular weight excluding hydrogens is 202 g/mol. The molecule has 0 aromatic heterocycles. The molecule has 84 valence electrons. The van der Waals surface area contributed by atoms with Gasteiger partial charge in [0.05, 0.1) is 0 Å². The predicted octanol–water partition coefficient (Wildman–Crippen LogP) is 2.09. The summed E-state index contributed by atoms with van der Waals surface area (Å²) in [5, 5.41) is 0. The van der Waals surface area contributed by atoms with Gasteiger partial charge in [-0.05, 0) is 24.5 Å². The Hall–Kier alpha value is -1.64. The van der Waals surface area contributed by atoms with Gasteiger partial charge in [0.25, 0.3) is 5.91 Å². The van der Waals surface area contributed by atoms with Crippen molar-refractivity contribution in [3.05, 3.63) is 35.9 Å². The second-order valence-electron chi connectivity index (χ2n) is 4.31. The van der Waals surface area contributed by atoms with Gasteiger partial charge >= 0.3 is 0 Å². The average Bonchev–Trinajstić information content (AvgIpc) is 2.29. The summed E-state index contributed by atoms with van der Waals surface area (Å²) in [6.45, 7) is 2.59. The highest BCUT2D eigenvalue weighted by molar-refractivity contribution is 6.04. The van der Waals surface area contributed by atoms with E-state index in [2.05, 4.69) is 0 Å². The number of benzene rings is 1. The highest BCUT2D eigenvalue weighted by atomic mass is 16.2. The van der Waals surface area contributed by atoms with Crippen molar-refractivity contribution in [2.45, 2.75) is 19.8 Å². The van der Waals surface area contributed by atoms with Gasteiger partial charge < -0.3 is 0 Å². The fraction of sp³-hybridized carbons (Fsp3) is 0.385. The number of piperidine rings is 1. The Balaban J connectivity index is 2.14. The first-order valence-electron chi connectivity index (χ1n) is 5.58. The summed E-state index contributed by atoms with van der Waals surface area (Å²) in [5.74, 6) is 0.178. The molecule has 1 aromatic rings. The van der Waals surface area contributed by atoms with Crippen LogP contribution in [0.4, 0.5) is 0 Å². The zero-order valence-corrected chi connectivity index (χ0v) is 9.35. The number of nitrogens with zero attached hydrogens (tertiary/aromatic N) is 1. The molecule has 1 atom stereocenters. The van der Waals surface area contributed by atoms with E-state index in [1.807, 2.05) is 25.1 Å². The van der Waals surface area contributed by atoms with Crippen molar-refractivity contribution in [2.75, 3.05) is 6.54 Å². The van der Waals surface area contributed by atoms with Crippen LogP contribution in [0.2, 0.25) is 0 Å². The summed E-state index contributed by atoms with van der Waals surface area (Å²) < 4.78 is 0. The maximum absolute atomic E-state index is 12.0. The second-order valence-corrected chi connectivity index (χ2v) is 4.31. The van der Waals surface area contributed by atoms with Gasteiger partial charge in [0.2, 0.25) is 5.91 Å². The molecule has 3 heteroatoms. The lowest BCUT2D eigenvalue weighted by atomic mass is 9.98. The molecule has 0 saturated carbocycles. The monoisotopic (exact) mass is 217 g/mol. The van der Waals surface area contributed by atoms with Crippen LogP contribution in [-0.4, -0.2) is 23.3 Å². The minimum absolute atomic E-state index is 0.0485. The molecule has 0 spiro atoms. The number of likely N-dealkylation sites (tertiary alicyclic amines) is 1. The van der Waals surface area contributed by atoms with Gasteiger partial charge in [-0.1, -0.05) is 25.1 Å². The van der Waals surface area contributed by atoms with Crippen LogP contribution < -0.4 is 0 Å². The maximum Gasteiger partial charge on any atom is 0.260 e. The van der Waals surface area contributed by atoms with Gasteiger partial charge in [-0.2, -0.15) is 0 Å². The second kappa shape index (κ2) is 4.47. The fourth-order valence-electron chi connectivity index (χ4n) is 1.94. The smallest absolute Gasteiger partial charge is 0.260 e. The first-order valence-corrected chi connectivity index (χ1v) is 5.58. The van der Waals surface area contributed by atoms with Gasteiger partial charge in [0.15, 0.2) is 0 Å². The molecule has 0 radical (unpaired) electrons. The van der Waals surface area contributed by atoms with Gasteiger partial charge in [0, 0.05) is 18.5 Å². The molecule has 1 aromatic carbocycles. The van der Waals surface area contributed by atoms with Crippen LogP contribution in [0, 0.1) is 5.92 Å². The first kappa shape index (κ1) is 10.9. The molecule has 1 fully saturated rings. The lowest BCUT2D eigenvalue weighted by Crippen LogP contribution is -2.42. The van der Waals surface area contributed by atoms with Crippen molar-refractivity contribution in [3.8, 4) is 0 Å². The van der Waals surface area contributed by atoms with Gasteiger partial charge in [-0.15, -0.1) is 0 Å². The van der Waals surface area contributed by atoms with Crippen LogP contribution >= 0.6 is 0 Å². The van der Waals surface area contributed by atoms with Gasteiger partial charge in [0.1, 0.15) is 0 Å². The van der Waals surface area contributed by atoms with Crippen LogP contribution in [0.1, 0.15) is 30.1 Å². The Morgan fingerprint density at radius 1 is 1.31 bits per heavy atom. The standard InChI is InChI=1S/C13H15NO2/c1-10-7-8-14(12(15)9-10)13(16)11-5-3-2-4-6-11/h2-6,10H,7-9H2,1H3. The van der Waals surface area contributed by atoms with Gasteiger partial charge in [-0.25, -0.2) is 0 Å². The van der Waals surface area contributed by atoms with Crippen LogP contribution in [0.3, 0.4) is 0 Å². The first-order chi connectivity index (χ1) is 7.68. The topological polar surface area (TPSA) is 37.4 Å². The van der Waals surface area contributed by atoms with Gasteiger partial charge in [-0.3, -0.25) is 14.5 Å². The van der Waals surface area contributed by atoms with E-state index in [0.29, 0.717) is 24.4 Å². The molecule has 0 bridgehead atoms.